The van der Waals surface area contributed by atoms with Crippen molar-refractivity contribution in [1.29, 1.82) is 0 Å². The fourth-order valence-corrected chi connectivity index (χ4v) is 4.90. The summed E-state index contributed by atoms with van der Waals surface area (Å²) in [7, 11) is 0. The van der Waals surface area contributed by atoms with Crippen LogP contribution in [0.1, 0.15) is 51.5 Å². The summed E-state index contributed by atoms with van der Waals surface area (Å²) in [6, 6.07) is 2.25. The van der Waals surface area contributed by atoms with Gasteiger partial charge in [0, 0.05) is 14.9 Å². The van der Waals surface area contributed by atoms with Gasteiger partial charge in [-0.1, -0.05) is 27.7 Å². The molecule has 1 aromatic rings. The van der Waals surface area contributed by atoms with E-state index in [4.69, 9.17) is 5.84 Å². The van der Waals surface area contributed by atoms with E-state index in [1.54, 1.807) is 11.3 Å². The van der Waals surface area contributed by atoms with Crippen molar-refractivity contribution in [2.24, 2.45) is 5.84 Å². The van der Waals surface area contributed by atoms with Crippen molar-refractivity contribution in [3.63, 3.8) is 0 Å². The van der Waals surface area contributed by atoms with E-state index in [0.29, 0.717) is 0 Å². The van der Waals surface area contributed by atoms with Gasteiger partial charge in [-0.3, -0.25) is 16.2 Å². The molecule has 110 valence electrons. The molecular weight excluding hydrogens is 322 g/mol. The minimum atomic E-state index is 0.0611. The smallest absolute Gasteiger partial charge is 0.0747 e. The number of nitrogens with two attached hydrogens (primary N) is 1. The zero-order valence-electron chi connectivity index (χ0n) is 12.4. The van der Waals surface area contributed by atoms with Gasteiger partial charge in [0.05, 0.1) is 6.04 Å². The van der Waals surface area contributed by atoms with E-state index in [-0.39, 0.29) is 11.6 Å². The Morgan fingerprint density at radius 2 is 1.89 bits per heavy atom. The molecule has 1 aromatic heterocycles. The van der Waals surface area contributed by atoms with Gasteiger partial charge in [0.1, 0.15) is 0 Å². The lowest BCUT2D eigenvalue weighted by Gasteiger charge is -2.47. The standard InChI is InChI=1S/C14H26BrN3S/c1-5-14(6-2,18(7-3)8-4)13(17-16)12-11(15)9-10-19-12/h9-10,13,17H,5-8,16H2,1-4H3. The first-order valence-electron chi connectivity index (χ1n) is 7.05. The maximum absolute atomic E-state index is 5.93. The van der Waals surface area contributed by atoms with Gasteiger partial charge in [-0.15, -0.1) is 11.3 Å². The van der Waals surface area contributed by atoms with E-state index in [9.17, 15) is 0 Å². The van der Waals surface area contributed by atoms with Crippen molar-refractivity contribution in [1.82, 2.24) is 10.3 Å². The molecule has 19 heavy (non-hydrogen) atoms. The number of nitrogens with one attached hydrogen (secondary N) is 1. The molecule has 1 atom stereocenters. The van der Waals surface area contributed by atoms with Gasteiger partial charge in [-0.25, -0.2) is 0 Å². The average Bonchev–Trinajstić information content (AvgIpc) is 2.85. The van der Waals surface area contributed by atoms with Crippen LogP contribution in [-0.4, -0.2) is 23.5 Å². The minimum Gasteiger partial charge on any atom is -0.296 e. The molecule has 5 heteroatoms. The van der Waals surface area contributed by atoms with Crippen molar-refractivity contribution in [2.45, 2.75) is 52.1 Å². The van der Waals surface area contributed by atoms with Crippen molar-refractivity contribution >= 4 is 27.3 Å². The van der Waals surface area contributed by atoms with Crippen LogP contribution in [0.5, 0.6) is 0 Å². The predicted octanol–water partition coefficient (Wildman–Crippen LogP) is 3.92. The van der Waals surface area contributed by atoms with Crippen LogP contribution in [0.4, 0.5) is 0 Å². The van der Waals surface area contributed by atoms with Gasteiger partial charge >= 0.3 is 0 Å². The summed E-state index contributed by atoms with van der Waals surface area (Å²) in [5.41, 5.74) is 3.14. The molecule has 0 radical (unpaired) electrons. The second-order valence-electron chi connectivity index (χ2n) is 4.72. The molecule has 0 saturated heterocycles. The molecule has 0 bridgehead atoms. The molecule has 0 aliphatic carbocycles. The molecule has 0 aliphatic rings. The first-order valence-corrected chi connectivity index (χ1v) is 8.72. The summed E-state index contributed by atoms with van der Waals surface area (Å²) >= 11 is 5.41. The maximum atomic E-state index is 5.93. The summed E-state index contributed by atoms with van der Waals surface area (Å²) in [5, 5.41) is 2.11. The molecule has 1 rings (SSSR count). The van der Waals surface area contributed by atoms with Gasteiger partial charge in [0.15, 0.2) is 0 Å². The van der Waals surface area contributed by atoms with E-state index < -0.39 is 0 Å². The fraction of sp³-hybridized carbons (Fsp3) is 0.714. The number of hydrazine groups is 1. The van der Waals surface area contributed by atoms with E-state index in [2.05, 4.69) is 65.4 Å². The van der Waals surface area contributed by atoms with Crippen LogP contribution in [-0.2, 0) is 0 Å². The average molecular weight is 348 g/mol. The third-order valence-electron chi connectivity index (χ3n) is 4.23. The van der Waals surface area contributed by atoms with Gasteiger partial charge in [0.25, 0.3) is 0 Å². The van der Waals surface area contributed by atoms with E-state index in [0.717, 1.165) is 30.4 Å². The van der Waals surface area contributed by atoms with Crippen molar-refractivity contribution < 1.29 is 0 Å². The molecule has 0 saturated carbocycles. The Bertz CT molecular complexity index is 373. The quantitative estimate of drug-likeness (QED) is 0.553. The minimum absolute atomic E-state index is 0.0611. The van der Waals surface area contributed by atoms with Gasteiger partial charge < -0.3 is 0 Å². The number of thiophene rings is 1. The van der Waals surface area contributed by atoms with Crippen molar-refractivity contribution in [2.75, 3.05) is 13.1 Å². The second-order valence-corrected chi connectivity index (χ2v) is 6.52. The Labute approximate surface area is 129 Å². The molecule has 0 fully saturated rings. The molecule has 0 spiro atoms. The van der Waals surface area contributed by atoms with Crippen molar-refractivity contribution in [3.8, 4) is 0 Å². The zero-order valence-corrected chi connectivity index (χ0v) is 14.8. The molecule has 0 aliphatic heterocycles. The summed E-state index contributed by atoms with van der Waals surface area (Å²) in [6.45, 7) is 11.0. The Balaban J connectivity index is 3.25. The molecule has 3 N–H and O–H groups in total. The lowest BCUT2D eigenvalue weighted by Crippen LogP contribution is -2.57. The van der Waals surface area contributed by atoms with Crippen LogP contribution in [0, 0.1) is 0 Å². The molecule has 0 aromatic carbocycles. The van der Waals surface area contributed by atoms with Crippen LogP contribution < -0.4 is 11.3 Å². The van der Waals surface area contributed by atoms with E-state index in [1.807, 2.05) is 0 Å². The first-order chi connectivity index (χ1) is 9.11. The third kappa shape index (κ3) is 3.22. The fourth-order valence-electron chi connectivity index (χ4n) is 3.13. The Morgan fingerprint density at radius 3 is 2.21 bits per heavy atom. The highest BCUT2D eigenvalue weighted by molar-refractivity contribution is 9.10. The highest BCUT2D eigenvalue weighted by Gasteiger charge is 2.41. The second kappa shape index (κ2) is 7.74. The Morgan fingerprint density at radius 1 is 1.32 bits per heavy atom. The van der Waals surface area contributed by atoms with Crippen molar-refractivity contribution in [3.05, 3.63) is 20.8 Å². The molecule has 1 unspecified atom stereocenters. The lowest BCUT2D eigenvalue weighted by molar-refractivity contribution is 0.0497. The highest BCUT2D eigenvalue weighted by atomic mass is 79.9. The third-order valence-corrected chi connectivity index (χ3v) is 6.16. The highest BCUT2D eigenvalue weighted by Crippen LogP contribution is 2.41. The van der Waals surface area contributed by atoms with Crippen LogP contribution in [0.2, 0.25) is 0 Å². The number of nitrogens with zero attached hydrogens (tertiary/aromatic N) is 1. The maximum Gasteiger partial charge on any atom is 0.0747 e. The summed E-state index contributed by atoms with van der Waals surface area (Å²) < 4.78 is 1.15. The molecular formula is C14H26BrN3S. The van der Waals surface area contributed by atoms with Crippen LogP contribution in [0.3, 0.4) is 0 Å². The Hall–Kier alpha value is 0.0600. The molecule has 0 amide bonds. The monoisotopic (exact) mass is 347 g/mol. The normalized spacial score (nSPS) is 14.1. The van der Waals surface area contributed by atoms with Crippen LogP contribution in [0.25, 0.3) is 0 Å². The topological polar surface area (TPSA) is 41.3 Å². The predicted molar refractivity (Wildman–Crippen MR) is 88.3 cm³/mol. The Kier molecular flexibility index (Phi) is 6.97. The largest absolute Gasteiger partial charge is 0.296 e. The number of likely N-dealkylation sites (N-methyl/N-ethyl adjacent to an activating group) is 1. The summed E-state index contributed by atoms with van der Waals surface area (Å²) in [4.78, 5) is 3.82. The SMILES string of the molecule is CCN(CC)C(CC)(CC)C(NN)c1sccc1Br. The van der Waals surface area contributed by atoms with Crippen LogP contribution >= 0.6 is 27.3 Å². The number of hydrogen-bond donors (Lipinski definition) is 2. The summed E-state index contributed by atoms with van der Waals surface area (Å²) in [6.07, 6.45) is 2.15. The zero-order chi connectivity index (χ0) is 14.5. The van der Waals surface area contributed by atoms with Gasteiger partial charge in [0.2, 0.25) is 0 Å². The van der Waals surface area contributed by atoms with Gasteiger partial charge in [-0.2, -0.15) is 0 Å². The summed E-state index contributed by atoms with van der Waals surface area (Å²) in [5.74, 6) is 5.93. The van der Waals surface area contributed by atoms with E-state index in [1.165, 1.54) is 4.88 Å². The van der Waals surface area contributed by atoms with E-state index >= 15 is 0 Å². The molecule has 3 nitrogen and oxygen atoms in total. The number of hydrogen-bond acceptors (Lipinski definition) is 4. The lowest BCUT2D eigenvalue weighted by atomic mass is 9.82. The van der Waals surface area contributed by atoms with Crippen LogP contribution in [0.15, 0.2) is 15.9 Å². The first kappa shape index (κ1) is 17.1. The molecule has 1 heterocycles. The van der Waals surface area contributed by atoms with Gasteiger partial charge in [-0.05, 0) is 53.3 Å². The number of rotatable bonds is 8. The number of halogens is 1.